The number of fused-ring (bicyclic) bond motifs is 3. The van der Waals surface area contributed by atoms with Crippen molar-refractivity contribution < 1.29 is 24.2 Å². The van der Waals surface area contributed by atoms with E-state index in [1.807, 2.05) is 43.3 Å². The summed E-state index contributed by atoms with van der Waals surface area (Å²) in [5.74, 6) is -1.64. The highest BCUT2D eigenvalue weighted by Crippen LogP contribution is 2.44. The quantitative estimate of drug-likeness (QED) is 0.337. The van der Waals surface area contributed by atoms with Gasteiger partial charge in [0.25, 0.3) is 0 Å². The zero-order valence-electron chi connectivity index (χ0n) is 19.1. The Kier molecular flexibility index (Phi) is 7.51. The van der Waals surface area contributed by atoms with E-state index in [0.29, 0.717) is 23.0 Å². The second kappa shape index (κ2) is 10.7. The minimum absolute atomic E-state index is 0.0272. The lowest BCUT2D eigenvalue weighted by Crippen LogP contribution is -2.44. The number of rotatable bonds is 8. The van der Waals surface area contributed by atoms with E-state index in [4.69, 9.17) is 4.74 Å². The Morgan fingerprint density at radius 1 is 1.00 bits per heavy atom. The first-order chi connectivity index (χ1) is 16.9. The second-order valence-corrected chi connectivity index (χ2v) is 9.15. The van der Waals surface area contributed by atoms with Crippen LogP contribution in [0.4, 0.5) is 10.5 Å². The van der Waals surface area contributed by atoms with Crippen molar-refractivity contribution >= 4 is 39.6 Å². The SMILES string of the molecule is CCCC(NC(=O)OCC1c2ccccc2-c2ccccc21)C(=O)Nc1ccc(Br)c(C(=O)O)c1. The third kappa shape index (κ3) is 5.38. The maximum absolute atomic E-state index is 12.9. The number of nitrogens with one attached hydrogen (secondary N) is 2. The van der Waals surface area contributed by atoms with E-state index in [2.05, 4.69) is 38.7 Å². The van der Waals surface area contributed by atoms with Crippen molar-refractivity contribution in [3.8, 4) is 11.1 Å². The Morgan fingerprint density at radius 2 is 1.63 bits per heavy atom. The van der Waals surface area contributed by atoms with E-state index < -0.39 is 24.0 Å². The first-order valence-corrected chi connectivity index (χ1v) is 12.1. The van der Waals surface area contributed by atoms with Gasteiger partial charge in [0.15, 0.2) is 0 Å². The maximum Gasteiger partial charge on any atom is 0.407 e. The summed E-state index contributed by atoms with van der Waals surface area (Å²) in [6.45, 7) is 2.05. The minimum atomic E-state index is -1.12. The molecule has 0 heterocycles. The van der Waals surface area contributed by atoms with Crippen LogP contribution in [0.3, 0.4) is 0 Å². The molecule has 0 aliphatic heterocycles. The maximum atomic E-state index is 12.9. The van der Waals surface area contributed by atoms with Gasteiger partial charge in [0.2, 0.25) is 5.91 Å². The number of hydrogen-bond donors (Lipinski definition) is 3. The van der Waals surface area contributed by atoms with Gasteiger partial charge in [0.05, 0.1) is 5.56 Å². The molecule has 0 aromatic heterocycles. The van der Waals surface area contributed by atoms with E-state index >= 15 is 0 Å². The highest BCUT2D eigenvalue weighted by atomic mass is 79.9. The van der Waals surface area contributed by atoms with Gasteiger partial charge in [-0.05, 0) is 62.8 Å². The van der Waals surface area contributed by atoms with Crippen LogP contribution in [0.25, 0.3) is 11.1 Å². The summed E-state index contributed by atoms with van der Waals surface area (Å²) in [7, 11) is 0. The number of hydrogen-bond acceptors (Lipinski definition) is 4. The first kappa shape index (κ1) is 24.5. The van der Waals surface area contributed by atoms with Gasteiger partial charge in [-0.15, -0.1) is 0 Å². The fourth-order valence-corrected chi connectivity index (χ4v) is 4.75. The average Bonchev–Trinajstić information content (AvgIpc) is 3.17. The summed E-state index contributed by atoms with van der Waals surface area (Å²) in [6, 6.07) is 19.8. The number of amides is 2. The molecular formula is C27H25BrN2O5. The molecule has 0 fully saturated rings. The summed E-state index contributed by atoms with van der Waals surface area (Å²) in [6.07, 6.45) is 0.378. The monoisotopic (exact) mass is 536 g/mol. The number of carbonyl (C=O) groups is 3. The lowest BCUT2D eigenvalue weighted by Gasteiger charge is -2.19. The molecule has 1 unspecified atom stereocenters. The van der Waals surface area contributed by atoms with Crippen LogP contribution in [0.1, 0.15) is 47.2 Å². The van der Waals surface area contributed by atoms with Crippen molar-refractivity contribution in [1.29, 1.82) is 0 Å². The number of carbonyl (C=O) groups excluding carboxylic acids is 2. The standard InChI is InChI=1S/C27H25BrN2O5/c1-2-7-24(25(31)29-16-12-13-23(28)21(14-16)26(32)33)30-27(34)35-15-22-19-10-5-3-8-17(19)18-9-4-6-11-20(18)22/h3-6,8-14,22,24H,2,7,15H2,1H3,(H,29,31)(H,30,34)(H,32,33). The summed E-state index contributed by atoms with van der Waals surface area (Å²) >= 11 is 3.18. The van der Waals surface area contributed by atoms with Gasteiger partial charge in [-0.2, -0.15) is 0 Å². The number of carboxylic acids is 1. The van der Waals surface area contributed by atoms with Crippen LogP contribution in [0, 0.1) is 0 Å². The lowest BCUT2D eigenvalue weighted by atomic mass is 9.98. The number of anilines is 1. The topological polar surface area (TPSA) is 105 Å². The predicted molar refractivity (Wildman–Crippen MR) is 137 cm³/mol. The van der Waals surface area contributed by atoms with Crippen LogP contribution in [0.15, 0.2) is 71.2 Å². The van der Waals surface area contributed by atoms with Crippen LogP contribution in [-0.4, -0.2) is 35.7 Å². The fourth-order valence-electron chi connectivity index (χ4n) is 4.34. The van der Waals surface area contributed by atoms with E-state index in [9.17, 15) is 19.5 Å². The molecule has 3 N–H and O–H groups in total. The normalized spacial score (nSPS) is 12.9. The second-order valence-electron chi connectivity index (χ2n) is 8.30. The Hall–Kier alpha value is -3.65. The van der Waals surface area contributed by atoms with Crippen LogP contribution < -0.4 is 10.6 Å². The van der Waals surface area contributed by atoms with Crippen LogP contribution in [-0.2, 0) is 9.53 Å². The summed E-state index contributed by atoms with van der Waals surface area (Å²) in [5, 5.41) is 14.6. The Morgan fingerprint density at radius 3 is 2.23 bits per heavy atom. The molecule has 2 amide bonds. The van der Waals surface area contributed by atoms with Gasteiger partial charge in [0, 0.05) is 16.1 Å². The van der Waals surface area contributed by atoms with Gasteiger partial charge in [-0.1, -0.05) is 61.9 Å². The van der Waals surface area contributed by atoms with Gasteiger partial charge < -0.3 is 20.5 Å². The molecule has 180 valence electrons. The van der Waals surface area contributed by atoms with Crippen LogP contribution >= 0.6 is 15.9 Å². The largest absolute Gasteiger partial charge is 0.478 e. The van der Waals surface area contributed by atoms with Gasteiger partial charge in [-0.3, -0.25) is 4.79 Å². The predicted octanol–water partition coefficient (Wildman–Crippen LogP) is 5.79. The molecule has 1 aliphatic rings. The molecule has 0 saturated heterocycles. The van der Waals surface area contributed by atoms with Crippen molar-refractivity contribution in [2.24, 2.45) is 0 Å². The summed E-state index contributed by atoms with van der Waals surface area (Å²) in [4.78, 5) is 36.9. The first-order valence-electron chi connectivity index (χ1n) is 11.3. The summed E-state index contributed by atoms with van der Waals surface area (Å²) in [5.41, 5.74) is 4.83. The zero-order chi connectivity index (χ0) is 24.9. The molecular weight excluding hydrogens is 512 g/mol. The molecule has 1 aliphatic carbocycles. The number of carboxylic acid groups (broad SMARTS) is 1. The number of alkyl carbamates (subject to hydrolysis) is 1. The molecule has 0 bridgehead atoms. The average molecular weight is 537 g/mol. The lowest BCUT2D eigenvalue weighted by molar-refractivity contribution is -0.118. The van der Waals surface area contributed by atoms with Gasteiger partial charge >= 0.3 is 12.1 Å². The number of halogens is 1. The summed E-state index contributed by atoms with van der Waals surface area (Å²) < 4.78 is 5.98. The Balaban J connectivity index is 1.41. The van der Waals surface area contributed by atoms with Crippen molar-refractivity contribution in [3.63, 3.8) is 0 Å². The molecule has 7 nitrogen and oxygen atoms in total. The number of benzene rings is 3. The van der Waals surface area contributed by atoms with Crippen LogP contribution in [0.5, 0.6) is 0 Å². The Bertz CT molecular complexity index is 1230. The third-order valence-electron chi connectivity index (χ3n) is 5.99. The highest BCUT2D eigenvalue weighted by molar-refractivity contribution is 9.10. The molecule has 1 atom stereocenters. The molecule has 8 heteroatoms. The number of aromatic carboxylic acids is 1. The van der Waals surface area contributed by atoms with E-state index in [1.54, 1.807) is 12.1 Å². The molecule has 0 saturated carbocycles. The smallest absolute Gasteiger partial charge is 0.407 e. The molecule has 35 heavy (non-hydrogen) atoms. The van der Waals surface area contributed by atoms with Gasteiger partial charge in [0.1, 0.15) is 12.6 Å². The third-order valence-corrected chi connectivity index (χ3v) is 6.69. The Labute approximate surface area is 211 Å². The highest BCUT2D eigenvalue weighted by Gasteiger charge is 2.29. The molecule has 4 rings (SSSR count). The van der Waals surface area contributed by atoms with Gasteiger partial charge in [-0.25, -0.2) is 9.59 Å². The zero-order valence-corrected chi connectivity index (χ0v) is 20.7. The molecule has 0 radical (unpaired) electrons. The molecule has 3 aromatic carbocycles. The van der Waals surface area contributed by atoms with Crippen molar-refractivity contribution in [2.45, 2.75) is 31.7 Å². The van der Waals surface area contributed by atoms with Crippen LogP contribution in [0.2, 0.25) is 0 Å². The number of ether oxygens (including phenoxy) is 1. The van der Waals surface area contributed by atoms with E-state index in [0.717, 1.165) is 22.3 Å². The fraction of sp³-hybridized carbons (Fsp3) is 0.222. The minimum Gasteiger partial charge on any atom is -0.478 e. The van der Waals surface area contributed by atoms with Crippen molar-refractivity contribution in [3.05, 3.63) is 87.9 Å². The molecule has 0 spiro atoms. The molecule has 3 aromatic rings. The van der Waals surface area contributed by atoms with E-state index in [1.165, 1.54) is 6.07 Å². The van der Waals surface area contributed by atoms with E-state index in [-0.39, 0.29) is 18.1 Å². The van der Waals surface area contributed by atoms with Crippen molar-refractivity contribution in [1.82, 2.24) is 5.32 Å². The van der Waals surface area contributed by atoms with Crippen molar-refractivity contribution in [2.75, 3.05) is 11.9 Å².